The van der Waals surface area contributed by atoms with E-state index in [0.717, 1.165) is 31.6 Å². The zero-order valence-corrected chi connectivity index (χ0v) is 13.6. The molecule has 2 aromatic rings. The second kappa shape index (κ2) is 7.13. The minimum absolute atomic E-state index is 0.192. The van der Waals surface area contributed by atoms with Crippen molar-refractivity contribution < 1.29 is 9.53 Å². The van der Waals surface area contributed by atoms with Crippen molar-refractivity contribution in [3.8, 4) is 6.07 Å². The quantitative estimate of drug-likeness (QED) is 0.801. The second-order valence-corrected chi connectivity index (χ2v) is 5.69. The third kappa shape index (κ3) is 3.38. The average molecular weight is 325 g/mol. The van der Waals surface area contributed by atoms with Crippen LogP contribution in [0.5, 0.6) is 0 Å². The summed E-state index contributed by atoms with van der Waals surface area (Å²) in [6.45, 7) is 3.87. The number of ether oxygens (including phenoxy) is 1. The molecule has 124 valence electrons. The number of rotatable bonds is 4. The smallest absolute Gasteiger partial charge is 0.341 e. The van der Waals surface area contributed by atoms with Crippen LogP contribution in [0.4, 0.5) is 5.69 Å². The molecule has 1 atom stereocenters. The molecule has 1 aliphatic rings. The van der Waals surface area contributed by atoms with Gasteiger partial charge in [-0.05, 0) is 31.9 Å². The molecule has 1 fully saturated rings. The summed E-state index contributed by atoms with van der Waals surface area (Å²) in [7, 11) is 0. The van der Waals surface area contributed by atoms with E-state index in [1.807, 2.05) is 16.8 Å². The SMILES string of the molecule is CCOC(=O)c1cnn([C@H]2CCCN(c3ccc(C#N)nc3)C2)c1. The van der Waals surface area contributed by atoms with E-state index in [4.69, 9.17) is 10.00 Å². The van der Waals surface area contributed by atoms with Gasteiger partial charge in [-0.25, -0.2) is 9.78 Å². The predicted octanol–water partition coefficient (Wildman–Crippen LogP) is 2.17. The van der Waals surface area contributed by atoms with Crippen LogP contribution in [-0.4, -0.2) is 40.4 Å². The van der Waals surface area contributed by atoms with Crippen LogP contribution in [0.3, 0.4) is 0 Å². The second-order valence-electron chi connectivity index (χ2n) is 5.69. The van der Waals surface area contributed by atoms with Gasteiger partial charge in [-0.2, -0.15) is 10.4 Å². The third-order valence-electron chi connectivity index (χ3n) is 4.11. The van der Waals surface area contributed by atoms with Crippen LogP contribution in [0.2, 0.25) is 0 Å². The summed E-state index contributed by atoms with van der Waals surface area (Å²) >= 11 is 0. The van der Waals surface area contributed by atoms with Gasteiger partial charge in [0, 0.05) is 19.3 Å². The summed E-state index contributed by atoms with van der Waals surface area (Å²) in [5.74, 6) is -0.340. The molecule has 0 amide bonds. The van der Waals surface area contributed by atoms with Crippen molar-refractivity contribution in [2.75, 3.05) is 24.6 Å². The summed E-state index contributed by atoms with van der Waals surface area (Å²) in [5, 5.41) is 13.2. The lowest BCUT2D eigenvalue weighted by atomic mass is 10.1. The number of esters is 1. The highest BCUT2D eigenvalue weighted by atomic mass is 16.5. The summed E-state index contributed by atoms with van der Waals surface area (Å²) in [6, 6.07) is 5.87. The van der Waals surface area contributed by atoms with E-state index >= 15 is 0 Å². The van der Waals surface area contributed by atoms with Crippen LogP contribution in [0.15, 0.2) is 30.7 Å². The molecule has 7 heteroatoms. The molecule has 0 aliphatic carbocycles. The van der Waals surface area contributed by atoms with Gasteiger partial charge >= 0.3 is 5.97 Å². The lowest BCUT2D eigenvalue weighted by molar-refractivity contribution is 0.0526. The zero-order chi connectivity index (χ0) is 16.9. The number of hydrogen-bond acceptors (Lipinski definition) is 6. The van der Waals surface area contributed by atoms with E-state index in [1.54, 1.807) is 31.6 Å². The maximum atomic E-state index is 11.8. The normalized spacial score (nSPS) is 17.3. The number of carbonyl (C=O) groups is 1. The first-order chi connectivity index (χ1) is 11.7. The minimum Gasteiger partial charge on any atom is -0.462 e. The topological polar surface area (TPSA) is 84.0 Å². The van der Waals surface area contributed by atoms with Gasteiger partial charge in [0.25, 0.3) is 0 Å². The molecule has 0 spiro atoms. The van der Waals surface area contributed by atoms with E-state index in [0.29, 0.717) is 17.9 Å². The highest BCUT2D eigenvalue weighted by molar-refractivity contribution is 5.88. The van der Waals surface area contributed by atoms with Gasteiger partial charge in [0.2, 0.25) is 0 Å². The Labute approximate surface area is 140 Å². The largest absolute Gasteiger partial charge is 0.462 e. The highest BCUT2D eigenvalue weighted by Crippen LogP contribution is 2.25. The molecule has 1 aliphatic heterocycles. The van der Waals surface area contributed by atoms with Crippen molar-refractivity contribution in [2.45, 2.75) is 25.8 Å². The first kappa shape index (κ1) is 16.0. The van der Waals surface area contributed by atoms with E-state index < -0.39 is 0 Å². The van der Waals surface area contributed by atoms with Gasteiger partial charge in [0.05, 0.1) is 36.3 Å². The molecule has 0 saturated carbocycles. The Morgan fingerprint density at radius 2 is 2.33 bits per heavy atom. The first-order valence-corrected chi connectivity index (χ1v) is 8.03. The van der Waals surface area contributed by atoms with E-state index in [1.165, 1.54) is 0 Å². The molecule has 3 rings (SSSR count). The van der Waals surface area contributed by atoms with Crippen LogP contribution in [0, 0.1) is 11.3 Å². The van der Waals surface area contributed by atoms with Crippen LogP contribution in [0.1, 0.15) is 41.9 Å². The van der Waals surface area contributed by atoms with Crippen molar-refractivity contribution in [1.29, 1.82) is 5.26 Å². The molecular formula is C17H19N5O2. The number of piperidine rings is 1. The Morgan fingerprint density at radius 1 is 1.46 bits per heavy atom. The Bertz CT molecular complexity index is 747. The zero-order valence-electron chi connectivity index (χ0n) is 13.6. The molecule has 0 bridgehead atoms. The van der Waals surface area contributed by atoms with E-state index in [9.17, 15) is 4.79 Å². The van der Waals surface area contributed by atoms with Crippen molar-refractivity contribution in [3.05, 3.63) is 42.0 Å². The fourth-order valence-electron chi connectivity index (χ4n) is 2.90. The maximum Gasteiger partial charge on any atom is 0.341 e. The molecule has 0 N–H and O–H groups in total. The Balaban J connectivity index is 1.71. The number of hydrogen-bond donors (Lipinski definition) is 0. The van der Waals surface area contributed by atoms with E-state index in [2.05, 4.69) is 15.0 Å². The number of aromatic nitrogens is 3. The first-order valence-electron chi connectivity index (χ1n) is 8.03. The van der Waals surface area contributed by atoms with Gasteiger partial charge in [-0.1, -0.05) is 0 Å². The Kier molecular flexibility index (Phi) is 4.75. The van der Waals surface area contributed by atoms with Crippen LogP contribution < -0.4 is 4.90 Å². The van der Waals surface area contributed by atoms with Crippen LogP contribution >= 0.6 is 0 Å². The van der Waals surface area contributed by atoms with Crippen molar-refractivity contribution in [1.82, 2.24) is 14.8 Å². The summed E-state index contributed by atoms with van der Waals surface area (Å²) in [5.41, 5.74) is 1.89. The van der Waals surface area contributed by atoms with Crippen LogP contribution in [0.25, 0.3) is 0 Å². The number of carbonyl (C=O) groups excluding carboxylic acids is 1. The Hall–Kier alpha value is -2.88. The standard InChI is InChI=1S/C17H19N5O2/c1-2-24-17(23)13-9-20-22(11-13)16-4-3-7-21(12-16)15-6-5-14(8-18)19-10-15/h5-6,9-11,16H,2-4,7,12H2,1H3/t16-/m0/s1. The average Bonchev–Trinajstić information content (AvgIpc) is 3.12. The van der Waals surface area contributed by atoms with Gasteiger partial charge in [0.1, 0.15) is 11.8 Å². The van der Waals surface area contributed by atoms with Crippen molar-refractivity contribution in [3.63, 3.8) is 0 Å². The molecule has 3 heterocycles. The Morgan fingerprint density at radius 3 is 3.04 bits per heavy atom. The molecule has 0 aromatic carbocycles. The number of nitriles is 1. The van der Waals surface area contributed by atoms with Gasteiger partial charge in [-0.3, -0.25) is 4.68 Å². The molecule has 24 heavy (non-hydrogen) atoms. The number of anilines is 1. The summed E-state index contributed by atoms with van der Waals surface area (Å²) < 4.78 is 6.85. The monoisotopic (exact) mass is 325 g/mol. The summed E-state index contributed by atoms with van der Waals surface area (Å²) in [6.07, 6.45) is 7.07. The number of nitrogens with zero attached hydrogens (tertiary/aromatic N) is 5. The molecule has 2 aromatic heterocycles. The molecule has 1 saturated heterocycles. The van der Waals surface area contributed by atoms with Gasteiger partial charge in [-0.15, -0.1) is 0 Å². The number of pyridine rings is 1. The van der Waals surface area contributed by atoms with Crippen molar-refractivity contribution in [2.24, 2.45) is 0 Å². The minimum atomic E-state index is -0.340. The lowest BCUT2D eigenvalue weighted by Crippen LogP contribution is -2.36. The molecule has 0 unspecified atom stereocenters. The van der Waals surface area contributed by atoms with Crippen LogP contribution in [-0.2, 0) is 4.74 Å². The van der Waals surface area contributed by atoms with Gasteiger partial charge in [0.15, 0.2) is 0 Å². The molecule has 7 nitrogen and oxygen atoms in total. The maximum absolute atomic E-state index is 11.8. The lowest BCUT2D eigenvalue weighted by Gasteiger charge is -2.34. The van der Waals surface area contributed by atoms with E-state index in [-0.39, 0.29) is 12.0 Å². The highest BCUT2D eigenvalue weighted by Gasteiger charge is 2.23. The van der Waals surface area contributed by atoms with Crippen molar-refractivity contribution >= 4 is 11.7 Å². The fraction of sp³-hybridized carbons (Fsp3) is 0.412. The molecule has 0 radical (unpaired) electrons. The molecular weight excluding hydrogens is 306 g/mol. The summed E-state index contributed by atoms with van der Waals surface area (Å²) in [4.78, 5) is 18.1. The third-order valence-corrected chi connectivity index (χ3v) is 4.11. The fourth-order valence-corrected chi connectivity index (χ4v) is 2.90. The van der Waals surface area contributed by atoms with Gasteiger partial charge < -0.3 is 9.64 Å². The predicted molar refractivity (Wildman–Crippen MR) is 87.6 cm³/mol.